The van der Waals surface area contributed by atoms with Crippen LogP contribution in [0.5, 0.6) is 5.75 Å². The maximum absolute atomic E-state index is 12.9. The maximum atomic E-state index is 12.9. The van der Waals surface area contributed by atoms with Gasteiger partial charge in [-0.3, -0.25) is 14.5 Å². The van der Waals surface area contributed by atoms with E-state index in [-0.39, 0.29) is 35.6 Å². The fourth-order valence-electron chi connectivity index (χ4n) is 4.17. The van der Waals surface area contributed by atoms with Crippen molar-refractivity contribution in [3.63, 3.8) is 0 Å². The van der Waals surface area contributed by atoms with E-state index in [1.54, 1.807) is 41.1 Å². The molecule has 2 aromatic heterocycles. The molecule has 15 heteroatoms. The van der Waals surface area contributed by atoms with Crippen LogP contribution < -0.4 is 15.6 Å². The van der Waals surface area contributed by atoms with Crippen LogP contribution >= 0.6 is 11.8 Å². The number of anilines is 1. The van der Waals surface area contributed by atoms with Gasteiger partial charge in [0.05, 0.1) is 5.39 Å². The fraction of sp³-hybridized carbons (Fsp3) is 0.190. The van der Waals surface area contributed by atoms with E-state index >= 15 is 0 Å². The smallest absolute Gasteiger partial charge is 0.352 e. The number of nitrogen functional groups attached to an aromatic ring is 1. The number of nitrogens with one attached hydrogen (secondary N) is 1. The number of benzene rings is 1. The van der Waals surface area contributed by atoms with Crippen LogP contribution in [0.4, 0.5) is 6.01 Å². The summed E-state index contributed by atoms with van der Waals surface area (Å²) in [5.74, 6) is -2.89. The van der Waals surface area contributed by atoms with Gasteiger partial charge in [-0.1, -0.05) is 16.4 Å². The van der Waals surface area contributed by atoms with Crippen molar-refractivity contribution >= 4 is 52.2 Å². The molecule has 184 valence electrons. The van der Waals surface area contributed by atoms with Crippen LogP contribution in [0.15, 0.2) is 57.5 Å². The highest BCUT2D eigenvalue weighted by Crippen LogP contribution is 2.40. The number of nitrogens with zero attached hydrogens (tertiary/aromatic N) is 5. The number of amides is 2. The molecule has 0 aliphatic carbocycles. The number of nitrogens with two attached hydrogens (primary N) is 1. The van der Waals surface area contributed by atoms with Crippen LogP contribution in [0.2, 0.25) is 0 Å². The molecule has 1 saturated heterocycles. The number of aromatic nitrogens is 3. The zero-order valence-electron chi connectivity index (χ0n) is 18.2. The number of oxime groups is 1. The third-order valence-corrected chi connectivity index (χ3v) is 7.10. The number of fused-ring (bicyclic) bond motifs is 2. The van der Waals surface area contributed by atoms with Gasteiger partial charge in [0, 0.05) is 23.5 Å². The van der Waals surface area contributed by atoms with Gasteiger partial charge in [-0.25, -0.2) is 4.79 Å². The summed E-state index contributed by atoms with van der Waals surface area (Å²) in [7, 11) is 0. The van der Waals surface area contributed by atoms with Gasteiger partial charge in [0.15, 0.2) is 12.7 Å². The number of hydrogen-bond acceptors (Lipinski definition) is 11. The summed E-state index contributed by atoms with van der Waals surface area (Å²) < 4.78 is 6.35. The molecule has 5 rings (SSSR count). The largest absolute Gasteiger partial charge is 0.507 e. The number of carbonyl (C=O) groups is 3. The summed E-state index contributed by atoms with van der Waals surface area (Å²) in [6.07, 6.45) is 1.76. The Morgan fingerprint density at radius 1 is 1.33 bits per heavy atom. The van der Waals surface area contributed by atoms with E-state index in [9.17, 15) is 29.8 Å². The number of aromatic hydroxyl groups is 1. The van der Waals surface area contributed by atoms with Gasteiger partial charge >= 0.3 is 12.0 Å². The van der Waals surface area contributed by atoms with E-state index in [1.807, 2.05) is 0 Å². The molecule has 1 unspecified atom stereocenters. The summed E-state index contributed by atoms with van der Waals surface area (Å²) in [6, 6.07) is 7.11. The SMILES string of the molecule is Nc1nc(/C(=N/O)C(=O)NC2C(=O)N3C(C(=O)O)=C(C[n+]4cccc5c(O)cccc54)CS[C@H]23)no1. The van der Waals surface area contributed by atoms with Crippen molar-refractivity contribution in [2.75, 3.05) is 11.5 Å². The number of pyridine rings is 1. The van der Waals surface area contributed by atoms with Crippen LogP contribution in [0.25, 0.3) is 10.9 Å². The Kier molecular flexibility index (Phi) is 5.68. The van der Waals surface area contributed by atoms with Crippen molar-refractivity contribution in [2.45, 2.75) is 18.0 Å². The maximum Gasteiger partial charge on any atom is 0.352 e. The van der Waals surface area contributed by atoms with E-state index in [1.165, 1.54) is 11.8 Å². The van der Waals surface area contributed by atoms with Gasteiger partial charge in [-0.2, -0.15) is 9.55 Å². The van der Waals surface area contributed by atoms with E-state index in [0.29, 0.717) is 16.5 Å². The average Bonchev–Trinajstić information content (AvgIpc) is 3.28. The number of aliphatic carboxylic acids is 1. The molecule has 0 saturated carbocycles. The monoisotopic (exact) mass is 512 g/mol. The first kappa shape index (κ1) is 23.1. The fourth-order valence-corrected chi connectivity index (χ4v) is 5.50. The Morgan fingerprint density at radius 3 is 2.83 bits per heavy atom. The topological polar surface area (TPSA) is 208 Å². The second-order valence-corrected chi connectivity index (χ2v) is 8.97. The highest BCUT2D eigenvalue weighted by Gasteiger charge is 2.55. The van der Waals surface area contributed by atoms with Crippen LogP contribution in [0.1, 0.15) is 5.82 Å². The molecule has 2 atom stereocenters. The second kappa shape index (κ2) is 8.84. The van der Waals surface area contributed by atoms with E-state index in [0.717, 1.165) is 4.90 Å². The van der Waals surface area contributed by atoms with Gasteiger partial charge in [0.2, 0.25) is 17.1 Å². The number of thioether (sulfide) groups is 1. The van der Waals surface area contributed by atoms with Crippen molar-refractivity contribution in [3.8, 4) is 5.75 Å². The minimum absolute atomic E-state index is 0.0955. The molecule has 2 aliphatic rings. The molecule has 2 aliphatic heterocycles. The summed E-state index contributed by atoms with van der Waals surface area (Å²) in [6.45, 7) is 0.170. The lowest BCUT2D eigenvalue weighted by Gasteiger charge is -2.49. The molecule has 0 radical (unpaired) electrons. The molecule has 1 fully saturated rings. The predicted octanol–water partition coefficient (Wildman–Crippen LogP) is -0.585. The number of carboxylic acids is 1. The molecule has 1 aromatic carbocycles. The Hall–Kier alpha value is -4.66. The number of β-lactam (4-membered cyclic amide) rings is 1. The second-order valence-electron chi connectivity index (χ2n) is 7.87. The van der Waals surface area contributed by atoms with E-state index in [2.05, 4.69) is 25.1 Å². The Balaban J connectivity index is 1.39. The van der Waals surface area contributed by atoms with Gasteiger partial charge < -0.3 is 31.0 Å². The molecular formula is C21H18N7O7S+. The van der Waals surface area contributed by atoms with Crippen LogP contribution in [0.3, 0.4) is 0 Å². The molecular weight excluding hydrogens is 494 g/mol. The van der Waals surface area contributed by atoms with Crippen LogP contribution in [0, 0.1) is 0 Å². The van der Waals surface area contributed by atoms with Crippen molar-refractivity contribution in [3.05, 3.63) is 53.6 Å². The lowest BCUT2D eigenvalue weighted by Crippen LogP contribution is -2.71. The highest BCUT2D eigenvalue weighted by atomic mass is 32.2. The number of phenols is 1. The Bertz CT molecular complexity index is 1480. The Labute approximate surface area is 205 Å². The predicted molar refractivity (Wildman–Crippen MR) is 123 cm³/mol. The van der Waals surface area contributed by atoms with Gasteiger partial charge in [-0.15, -0.1) is 11.8 Å². The molecule has 3 aromatic rings. The van der Waals surface area contributed by atoms with Crippen molar-refractivity contribution in [1.29, 1.82) is 0 Å². The first-order valence-electron chi connectivity index (χ1n) is 10.4. The van der Waals surface area contributed by atoms with Crippen molar-refractivity contribution in [2.24, 2.45) is 5.16 Å². The number of rotatable bonds is 6. The Morgan fingerprint density at radius 2 is 2.14 bits per heavy atom. The van der Waals surface area contributed by atoms with E-state index < -0.39 is 34.9 Å². The average molecular weight is 512 g/mol. The summed E-state index contributed by atoms with van der Waals surface area (Å²) in [5, 5.41) is 37.9. The molecule has 6 N–H and O–H groups in total. The molecule has 4 heterocycles. The first-order valence-corrected chi connectivity index (χ1v) is 11.5. The minimum atomic E-state index is -1.28. The van der Waals surface area contributed by atoms with Gasteiger partial charge in [-0.05, 0) is 12.1 Å². The quantitative estimate of drug-likeness (QED) is 0.0927. The van der Waals surface area contributed by atoms with Crippen LogP contribution in [-0.2, 0) is 20.9 Å². The number of hydrogen-bond donors (Lipinski definition) is 5. The molecule has 14 nitrogen and oxygen atoms in total. The van der Waals surface area contributed by atoms with E-state index in [4.69, 9.17) is 5.73 Å². The number of phenolic OH excluding ortho intramolecular Hbond substituents is 1. The van der Waals surface area contributed by atoms with Gasteiger partial charge in [0.25, 0.3) is 11.8 Å². The summed E-state index contributed by atoms with van der Waals surface area (Å²) in [5.41, 5.74) is 5.72. The normalized spacial score (nSPS) is 19.7. The molecule has 0 spiro atoms. The summed E-state index contributed by atoms with van der Waals surface area (Å²) in [4.78, 5) is 42.5. The lowest BCUT2D eigenvalue weighted by atomic mass is 10.0. The lowest BCUT2D eigenvalue weighted by molar-refractivity contribution is -0.663. The zero-order chi connectivity index (χ0) is 25.6. The standard InChI is InChI=1S/C21H17N7O7S/c22-21-24-16(26-35-21)13(25-34)17(30)23-14-18(31)28-15(20(32)33)9(8-36-19(14)28)7-27-6-2-3-10-11(27)4-1-5-12(10)29/h1-6,14,19H,7-8H2,(H5,22,23,24,26,30,32,33,34)/p+1/t14?,19-/m1/s1. The number of carbonyl (C=O) groups excluding carboxylic acids is 2. The number of carboxylic acid groups (broad SMARTS) is 1. The molecule has 2 amide bonds. The first-order chi connectivity index (χ1) is 17.3. The highest BCUT2D eigenvalue weighted by molar-refractivity contribution is 8.00. The van der Waals surface area contributed by atoms with Gasteiger partial charge in [0.1, 0.15) is 22.9 Å². The van der Waals surface area contributed by atoms with Crippen molar-refractivity contribution in [1.82, 2.24) is 20.4 Å². The van der Waals surface area contributed by atoms with Crippen molar-refractivity contribution < 1.29 is 38.9 Å². The third-order valence-electron chi connectivity index (χ3n) is 5.76. The minimum Gasteiger partial charge on any atom is -0.507 e. The van der Waals surface area contributed by atoms with Crippen LogP contribution in [-0.4, -0.2) is 71.1 Å². The summed E-state index contributed by atoms with van der Waals surface area (Å²) >= 11 is 1.28. The molecule has 36 heavy (non-hydrogen) atoms. The zero-order valence-corrected chi connectivity index (χ0v) is 19.0. The molecule has 0 bridgehead atoms. The third kappa shape index (κ3) is 3.74.